The molecule has 0 unspecified atom stereocenters. The molecule has 1 fully saturated rings. The van der Waals surface area contributed by atoms with Gasteiger partial charge in [-0.05, 0) is 63.1 Å². The van der Waals surface area contributed by atoms with E-state index in [-0.39, 0.29) is 16.8 Å². The van der Waals surface area contributed by atoms with E-state index in [1.807, 2.05) is 53.4 Å². The Morgan fingerprint density at radius 1 is 1.10 bits per heavy atom. The highest BCUT2D eigenvalue weighted by molar-refractivity contribution is 7.89. The van der Waals surface area contributed by atoms with Crippen LogP contribution in [0.4, 0.5) is 0 Å². The molecular formula is C21H25N5O3S. The normalized spacial score (nSPS) is 15.5. The number of carbonyl (C=O) groups is 1. The minimum Gasteiger partial charge on any atom is -0.339 e. The maximum atomic E-state index is 12.8. The van der Waals surface area contributed by atoms with Gasteiger partial charge < -0.3 is 9.47 Å². The number of piperidine rings is 1. The molecule has 1 aliphatic rings. The fourth-order valence-corrected chi connectivity index (χ4v) is 5.56. The van der Waals surface area contributed by atoms with Crippen LogP contribution in [0.25, 0.3) is 5.69 Å². The highest BCUT2D eigenvalue weighted by Crippen LogP contribution is 2.20. The fourth-order valence-electron chi connectivity index (χ4n) is 3.88. The summed E-state index contributed by atoms with van der Waals surface area (Å²) in [5, 5.41) is 6.68. The van der Waals surface area contributed by atoms with Crippen LogP contribution in [0.5, 0.6) is 0 Å². The summed E-state index contributed by atoms with van der Waals surface area (Å²) in [6.07, 6.45) is 5.05. The summed E-state index contributed by atoms with van der Waals surface area (Å²) >= 11 is 0. The molecule has 0 aliphatic carbocycles. The van der Waals surface area contributed by atoms with E-state index < -0.39 is 10.0 Å². The van der Waals surface area contributed by atoms with Crippen molar-refractivity contribution in [2.45, 2.75) is 37.6 Å². The Morgan fingerprint density at radius 2 is 1.73 bits per heavy atom. The van der Waals surface area contributed by atoms with Crippen molar-refractivity contribution in [1.82, 2.24) is 24.4 Å². The third-order valence-electron chi connectivity index (χ3n) is 5.45. The quantitative estimate of drug-likeness (QED) is 0.653. The number of rotatable bonds is 5. The van der Waals surface area contributed by atoms with Crippen LogP contribution < -0.4 is 4.72 Å². The van der Waals surface area contributed by atoms with Crippen molar-refractivity contribution in [2.24, 2.45) is 0 Å². The minimum atomic E-state index is -3.64. The molecule has 0 radical (unpaired) electrons. The van der Waals surface area contributed by atoms with E-state index in [1.165, 1.54) is 0 Å². The number of likely N-dealkylation sites (tertiary alicyclic amines) is 1. The number of amides is 1. The molecule has 1 amide bonds. The minimum absolute atomic E-state index is 0.0307. The number of benzene rings is 1. The van der Waals surface area contributed by atoms with Crippen molar-refractivity contribution in [3.8, 4) is 5.69 Å². The number of nitrogens with one attached hydrogen (secondary N) is 2. The van der Waals surface area contributed by atoms with Crippen LogP contribution in [0.2, 0.25) is 0 Å². The summed E-state index contributed by atoms with van der Waals surface area (Å²) in [6.45, 7) is 4.38. The second-order valence-electron chi connectivity index (χ2n) is 7.59. The molecule has 8 nitrogen and oxygen atoms in total. The van der Waals surface area contributed by atoms with Crippen LogP contribution in [0, 0.1) is 13.8 Å². The Bertz CT molecular complexity index is 1110. The molecule has 0 saturated carbocycles. The number of hydrogen-bond acceptors (Lipinski definition) is 4. The molecule has 1 saturated heterocycles. The Labute approximate surface area is 176 Å². The molecule has 158 valence electrons. The number of aromatic nitrogens is 3. The Hall–Kier alpha value is -2.91. The van der Waals surface area contributed by atoms with Crippen LogP contribution in [-0.2, 0) is 10.0 Å². The molecule has 3 heterocycles. The summed E-state index contributed by atoms with van der Waals surface area (Å²) in [5.41, 5.74) is 2.61. The third kappa shape index (κ3) is 4.03. The summed E-state index contributed by atoms with van der Waals surface area (Å²) in [6, 6.07) is 11.2. The zero-order valence-corrected chi connectivity index (χ0v) is 17.8. The molecule has 30 heavy (non-hydrogen) atoms. The number of sulfonamides is 1. The first kappa shape index (κ1) is 20.4. The van der Waals surface area contributed by atoms with Gasteiger partial charge in [0, 0.05) is 42.8 Å². The molecule has 2 aromatic heterocycles. The predicted octanol–water partition coefficient (Wildman–Crippen LogP) is 2.40. The van der Waals surface area contributed by atoms with E-state index in [0.717, 1.165) is 5.69 Å². The molecule has 9 heteroatoms. The second-order valence-corrected chi connectivity index (χ2v) is 9.24. The lowest BCUT2D eigenvalue weighted by Gasteiger charge is -2.32. The van der Waals surface area contributed by atoms with Crippen LogP contribution in [0.3, 0.4) is 0 Å². The van der Waals surface area contributed by atoms with Gasteiger partial charge in [-0.25, -0.2) is 13.1 Å². The summed E-state index contributed by atoms with van der Waals surface area (Å²) < 4.78 is 30.2. The lowest BCUT2D eigenvalue weighted by Crippen LogP contribution is -2.46. The Kier molecular flexibility index (Phi) is 5.48. The average molecular weight is 428 g/mol. The molecule has 1 aromatic carbocycles. The van der Waals surface area contributed by atoms with Gasteiger partial charge in [0.2, 0.25) is 10.0 Å². The number of H-pyrrole nitrogens is 1. The molecule has 0 bridgehead atoms. The smallest absolute Gasteiger partial charge is 0.253 e. The van der Waals surface area contributed by atoms with Crippen molar-refractivity contribution in [2.75, 3.05) is 13.1 Å². The van der Waals surface area contributed by atoms with Crippen molar-refractivity contribution < 1.29 is 13.2 Å². The van der Waals surface area contributed by atoms with Crippen LogP contribution in [-0.4, -0.2) is 53.1 Å². The number of aryl methyl sites for hydroxylation is 2. The first-order valence-electron chi connectivity index (χ1n) is 9.92. The van der Waals surface area contributed by atoms with E-state index >= 15 is 0 Å². The lowest BCUT2D eigenvalue weighted by atomic mass is 10.0. The molecule has 4 rings (SSSR count). The highest BCUT2D eigenvalue weighted by atomic mass is 32.2. The van der Waals surface area contributed by atoms with Gasteiger partial charge in [-0.15, -0.1) is 0 Å². The van der Waals surface area contributed by atoms with E-state index in [2.05, 4.69) is 14.9 Å². The van der Waals surface area contributed by atoms with Crippen molar-refractivity contribution in [3.05, 3.63) is 65.7 Å². The van der Waals surface area contributed by atoms with Crippen LogP contribution in [0.15, 0.2) is 53.7 Å². The van der Waals surface area contributed by atoms with Crippen molar-refractivity contribution >= 4 is 15.9 Å². The van der Waals surface area contributed by atoms with Gasteiger partial charge in [-0.3, -0.25) is 9.89 Å². The Morgan fingerprint density at radius 3 is 2.30 bits per heavy atom. The third-order valence-corrected chi connectivity index (χ3v) is 7.23. The summed E-state index contributed by atoms with van der Waals surface area (Å²) in [4.78, 5) is 14.8. The van der Waals surface area contributed by atoms with Gasteiger partial charge in [-0.2, -0.15) is 5.10 Å². The van der Waals surface area contributed by atoms with Gasteiger partial charge in [0.15, 0.2) is 0 Å². The van der Waals surface area contributed by atoms with Gasteiger partial charge in [0.25, 0.3) is 5.91 Å². The van der Waals surface area contributed by atoms with Gasteiger partial charge in [-0.1, -0.05) is 0 Å². The maximum absolute atomic E-state index is 12.8. The van der Waals surface area contributed by atoms with Gasteiger partial charge >= 0.3 is 0 Å². The first-order chi connectivity index (χ1) is 14.3. The topological polar surface area (TPSA) is 100 Å². The Balaban J connectivity index is 1.37. The summed E-state index contributed by atoms with van der Waals surface area (Å²) in [5.74, 6) is -0.0307. The van der Waals surface area contributed by atoms with Crippen LogP contribution in [0.1, 0.15) is 34.6 Å². The second kappa shape index (κ2) is 8.08. The molecule has 3 aromatic rings. The molecule has 2 N–H and O–H groups in total. The van der Waals surface area contributed by atoms with Crippen molar-refractivity contribution in [3.63, 3.8) is 0 Å². The standard InChI is InChI=1S/C21H25N5O3S/c1-15-20(16(2)23-22-15)30(28,29)24-18-9-13-26(14-10-18)21(27)17-5-7-19(8-6-17)25-11-3-4-12-25/h3-8,11-12,18,24H,9-10,13-14H2,1-2H3,(H,22,23). The fraction of sp³-hybridized carbons (Fsp3) is 0.333. The molecule has 0 atom stereocenters. The van der Waals surface area contributed by atoms with E-state index in [4.69, 9.17) is 0 Å². The monoisotopic (exact) mass is 427 g/mol. The summed E-state index contributed by atoms with van der Waals surface area (Å²) in [7, 11) is -3.64. The predicted molar refractivity (Wildman–Crippen MR) is 113 cm³/mol. The molecular weight excluding hydrogens is 402 g/mol. The number of carbonyl (C=O) groups excluding carboxylic acids is 1. The van der Waals surface area contributed by atoms with E-state index in [0.29, 0.717) is 42.9 Å². The number of aromatic amines is 1. The first-order valence-corrected chi connectivity index (χ1v) is 11.4. The van der Waals surface area contributed by atoms with E-state index in [9.17, 15) is 13.2 Å². The number of nitrogens with zero attached hydrogens (tertiary/aromatic N) is 3. The van der Waals surface area contributed by atoms with Crippen molar-refractivity contribution in [1.29, 1.82) is 0 Å². The van der Waals surface area contributed by atoms with Crippen LogP contribution >= 0.6 is 0 Å². The largest absolute Gasteiger partial charge is 0.339 e. The van der Waals surface area contributed by atoms with Gasteiger partial charge in [0.05, 0.1) is 11.4 Å². The average Bonchev–Trinajstić information content (AvgIpc) is 3.38. The van der Waals surface area contributed by atoms with E-state index in [1.54, 1.807) is 18.7 Å². The van der Waals surface area contributed by atoms with Gasteiger partial charge in [0.1, 0.15) is 4.90 Å². The SMILES string of the molecule is Cc1n[nH]c(C)c1S(=O)(=O)NC1CCN(C(=O)c2ccc(-n3cccc3)cc2)CC1. The highest BCUT2D eigenvalue weighted by Gasteiger charge is 2.29. The maximum Gasteiger partial charge on any atom is 0.253 e. The molecule has 1 aliphatic heterocycles. The molecule has 0 spiro atoms. The zero-order valence-electron chi connectivity index (χ0n) is 17.0. The number of hydrogen-bond donors (Lipinski definition) is 2. The zero-order chi connectivity index (χ0) is 21.3. The lowest BCUT2D eigenvalue weighted by molar-refractivity contribution is 0.0711.